The summed E-state index contributed by atoms with van der Waals surface area (Å²) in [5.74, 6) is -0.610. The number of hydrogen-bond donors (Lipinski definition) is 2. The molecule has 2 aromatic carbocycles. The molecule has 4 amide bonds. The van der Waals surface area contributed by atoms with Crippen molar-refractivity contribution < 1.29 is 42.9 Å². The normalized spacial score (nSPS) is 17.1. The molecule has 14 nitrogen and oxygen atoms in total. The van der Waals surface area contributed by atoms with Gasteiger partial charge in [-0.1, -0.05) is 64.7 Å². The summed E-state index contributed by atoms with van der Waals surface area (Å²) in [4.78, 5) is 73.5. The lowest BCUT2D eigenvalue weighted by Gasteiger charge is -2.49. The lowest BCUT2D eigenvalue weighted by Crippen LogP contribution is -2.70. The summed E-state index contributed by atoms with van der Waals surface area (Å²) in [6.45, 7) is 10.0. The number of guanidine groups is 1. The average Bonchev–Trinajstić information content (AvgIpc) is 3.11. The van der Waals surface area contributed by atoms with E-state index in [1.54, 1.807) is 72.9 Å². The first-order chi connectivity index (χ1) is 25.9. The number of hydrogen-bond acceptors (Lipinski definition) is 12. The van der Waals surface area contributed by atoms with E-state index in [-0.39, 0.29) is 30.4 Å². The largest absolute Gasteiger partial charge is 0.497 e. The monoisotopic (exact) mass is 927 g/mol. The van der Waals surface area contributed by atoms with Crippen LogP contribution in [0.25, 0.3) is 0 Å². The molecule has 2 heterocycles. The number of thioether (sulfide) groups is 3. The van der Waals surface area contributed by atoms with Crippen molar-refractivity contribution in [2.45, 2.75) is 80.1 Å². The van der Waals surface area contributed by atoms with Crippen LogP contribution in [0.4, 0.5) is 9.59 Å². The number of benzene rings is 2. The fourth-order valence-corrected chi connectivity index (χ4v) is 9.28. The topological polar surface area (TPSA) is 179 Å². The van der Waals surface area contributed by atoms with E-state index in [4.69, 9.17) is 24.7 Å². The third-order valence-corrected chi connectivity index (χ3v) is 11.9. The molecule has 0 bridgehead atoms. The third-order valence-electron chi connectivity index (χ3n) is 7.50. The number of carbonyl (C=O) groups is 5. The SMILES string of the molecule is COc1ccc(COC(=O)C2=C(Sc3ccccc3CI)CS[C@H]3[C@H](NC(=O)CSCCN(C(=O)OC(C)(C)C)C(N)=NC(=O)OC(C)(C)C)C(=O)N23)cc1. The fourth-order valence-electron chi connectivity index (χ4n) is 5.04. The van der Waals surface area contributed by atoms with E-state index in [1.807, 2.05) is 24.3 Å². The van der Waals surface area contributed by atoms with Gasteiger partial charge in [0, 0.05) is 32.3 Å². The van der Waals surface area contributed by atoms with Crippen LogP contribution in [0, 0.1) is 0 Å². The van der Waals surface area contributed by atoms with Gasteiger partial charge in [-0.05, 0) is 70.9 Å². The molecular formula is C37H46IN5O9S3. The summed E-state index contributed by atoms with van der Waals surface area (Å²) in [6, 6.07) is 14.2. The molecule has 298 valence electrons. The molecule has 2 aliphatic rings. The Hall–Kier alpha value is -3.62. The maximum Gasteiger partial charge on any atom is 0.437 e. The van der Waals surface area contributed by atoms with Crippen molar-refractivity contribution in [2.75, 3.05) is 30.9 Å². The Morgan fingerprint density at radius 2 is 1.71 bits per heavy atom. The zero-order chi connectivity index (χ0) is 40.5. The predicted molar refractivity (Wildman–Crippen MR) is 223 cm³/mol. The van der Waals surface area contributed by atoms with Crippen LogP contribution in [0.5, 0.6) is 5.75 Å². The van der Waals surface area contributed by atoms with E-state index in [0.717, 1.165) is 25.3 Å². The molecule has 2 atom stereocenters. The Bertz CT molecular complexity index is 1810. The number of ether oxygens (including phenoxy) is 4. The Morgan fingerprint density at radius 3 is 2.35 bits per heavy atom. The number of carbonyl (C=O) groups excluding carboxylic acids is 5. The smallest absolute Gasteiger partial charge is 0.437 e. The van der Waals surface area contributed by atoms with E-state index in [0.29, 0.717) is 16.4 Å². The molecule has 4 rings (SSSR count). The van der Waals surface area contributed by atoms with Gasteiger partial charge in [-0.25, -0.2) is 19.3 Å². The van der Waals surface area contributed by atoms with Gasteiger partial charge in [0.15, 0.2) is 0 Å². The van der Waals surface area contributed by atoms with Gasteiger partial charge in [0.25, 0.3) is 5.91 Å². The summed E-state index contributed by atoms with van der Waals surface area (Å²) < 4.78 is 22.4. The summed E-state index contributed by atoms with van der Waals surface area (Å²) in [7, 11) is 1.57. The minimum Gasteiger partial charge on any atom is -0.497 e. The van der Waals surface area contributed by atoms with E-state index in [1.165, 1.54) is 40.2 Å². The molecule has 1 fully saturated rings. The van der Waals surface area contributed by atoms with Gasteiger partial charge in [-0.15, -0.1) is 16.8 Å². The van der Waals surface area contributed by atoms with Crippen molar-refractivity contribution in [3.05, 3.63) is 70.3 Å². The number of aliphatic imine (C=N–C) groups is 1. The van der Waals surface area contributed by atoms with Crippen LogP contribution in [0.3, 0.4) is 0 Å². The van der Waals surface area contributed by atoms with E-state index in [9.17, 15) is 24.0 Å². The number of methoxy groups -OCH3 is 1. The van der Waals surface area contributed by atoms with Crippen LogP contribution in [-0.4, -0.2) is 99.3 Å². The Balaban J connectivity index is 1.41. The van der Waals surface area contributed by atoms with Crippen LogP contribution in [-0.2, 0) is 39.6 Å². The van der Waals surface area contributed by atoms with Crippen LogP contribution >= 0.6 is 57.9 Å². The Morgan fingerprint density at radius 1 is 1.04 bits per heavy atom. The number of halogens is 1. The molecule has 0 radical (unpaired) electrons. The number of amides is 4. The molecule has 0 saturated carbocycles. The molecule has 18 heteroatoms. The van der Waals surface area contributed by atoms with Crippen molar-refractivity contribution in [1.29, 1.82) is 0 Å². The van der Waals surface area contributed by atoms with E-state index in [2.05, 4.69) is 32.9 Å². The van der Waals surface area contributed by atoms with Gasteiger partial charge in [0.05, 0.1) is 12.9 Å². The summed E-state index contributed by atoms with van der Waals surface area (Å²) in [5, 5.41) is 2.29. The third kappa shape index (κ3) is 12.7. The van der Waals surface area contributed by atoms with Gasteiger partial charge in [0.2, 0.25) is 11.9 Å². The second-order valence-corrected chi connectivity index (χ2v) is 18.2. The van der Waals surface area contributed by atoms with Crippen LogP contribution < -0.4 is 15.8 Å². The number of esters is 1. The highest BCUT2D eigenvalue weighted by Gasteiger charge is 2.54. The van der Waals surface area contributed by atoms with E-state index < -0.39 is 58.5 Å². The molecule has 55 heavy (non-hydrogen) atoms. The van der Waals surface area contributed by atoms with Gasteiger partial charge in [-0.2, -0.15) is 11.8 Å². The van der Waals surface area contributed by atoms with Crippen molar-refractivity contribution in [3.63, 3.8) is 0 Å². The van der Waals surface area contributed by atoms with Crippen molar-refractivity contribution in [1.82, 2.24) is 15.1 Å². The maximum absolute atomic E-state index is 13.7. The molecule has 0 unspecified atom stereocenters. The first-order valence-corrected chi connectivity index (χ1v) is 21.7. The summed E-state index contributed by atoms with van der Waals surface area (Å²) in [5.41, 5.74) is 6.38. The molecule has 2 aliphatic heterocycles. The quantitative estimate of drug-likeness (QED) is 0.0335. The summed E-state index contributed by atoms with van der Waals surface area (Å²) >= 11 is 6.37. The zero-order valence-corrected chi connectivity index (χ0v) is 36.3. The first-order valence-electron chi connectivity index (χ1n) is 17.1. The van der Waals surface area contributed by atoms with Gasteiger partial charge >= 0.3 is 18.2 Å². The number of nitrogens with two attached hydrogens (primary N) is 1. The van der Waals surface area contributed by atoms with Crippen molar-refractivity contribution in [3.8, 4) is 5.75 Å². The number of β-lactam (4-membered cyclic amide) rings is 1. The minimum atomic E-state index is -0.968. The van der Waals surface area contributed by atoms with Crippen LogP contribution in [0.1, 0.15) is 52.7 Å². The number of rotatable bonds is 13. The molecule has 0 aliphatic carbocycles. The highest BCUT2D eigenvalue weighted by atomic mass is 127. The Labute approximate surface area is 347 Å². The molecule has 1 saturated heterocycles. The lowest BCUT2D eigenvalue weighted by molar-refractivity contribution is -0.153. The van der Waals surface area contributed by atoms with Crippen LogP contribution in [0.2, 0.25) is 0 Å². The zero-order valence-electron chi connectivity index (χ0n) is 31.7. The summed E-state index contributed by atoms with van der Waals surface area (Å²) in [6.07, 6.45) is -1.79. The van der Waals surface area contributed by atoms with Gasteiger partial charge < -0.3 is 30.0 Å². The number of fused-ring (bicyclic) bond motifs is 1. The standard InChI is InChI=1S/C37H46IN5O9S3/c1-36(2,3)51-34(47)41-33(39)42(35(48)52-37(4,5)6)16-17-53-21-27(44)40-28-30(45)43-29(32(46)50-19-22-12-14-24(49-7)15-13-22)26(20-54-31(28)43)55-25-11-9-8-10-23(25)18-38/h8-15,28,31H,16-21H2,1-7H3,(H,40,44)(H2,39,41,47)/t28-,31+/m1/s1. The lowest BCUT2D eigenvalue weighted by atomic mass is 10.1. The second-order valence-electron chi connectivity index (χ2n) is 14.1. The first kappa shape index (κ1) is 44.1. The average molecular weight is 928 g/mol. The molecule has 0 spiro atoms. The van der Waals surface area contributed by atoms with Crippen molar-refractivity contribution in [2.24, 2.45) is 10.7 Å². The highest BCUT2D eigenvalue weighted by molar-refractivity contribution is 14.1. The minimum absolute atomic E-state index is 0.00426. The molecule has 2 aromatic rings. The maximum atomic E-state index is 13.7. The number of nitrogens with zero attached hydrogens (tertiary/aromatic N) is 3. The van der Waals surface area contributed by atoms with Gasteiger partial charge in [-0.3, -0.25) is 14.5 Å². The van der Waals surface area contributed by atoms with Gasteiger partial charge in [0.1, 0.15) is 40.7 Å². The number of alkyl halides is 1. The Kier molecular flexibility index (Phi) is 15.6. The molecule has 0 aromatic heterocycles. The predicted octanol–water partition coefficient (Wildman–Crippen LogP) is 6.30. The second kappa shape index (κ2) is 19.5. The highest BCUT2D eigenvalue weighted by Crippen LogP contribution is 2.46. The van der Waals surface area contributed by atoms with Crippen molar-refractivity contribution >= 4 is 93.8 Å². The fraction of sp³-hybridized carbons (Fsp3) is 0.459. The van der Waals surface area contributed by atoms with Crippen LogP contribution in [0.15, 0.2) is 69.0 Å². The molecule has 3 N–H and O–H groups in total. The number of nitrogens with one attached hydrogen (secondary N) is 1. The molecular weight excluding hydrogens is 882 g/mol. The van der Waals surface area contributed by atoms with E-state index >= 15 is 0 Å².